The van der Waals surface area contributed by atoms with Crippen molar-refractivity contribution in [2.75, 3.05) is 6.61 Å². The van der Waals surface area contributed by atoms with Crippen LogP contribution in [0.2, 0.25) is 0 Å². The molecule has 2 rings (SSSR count). The molecule has 1 aliphatic carbocycles. The molecule has 1 heterocycles. The van der Waals surface area contributed by atoms with E-state index in [9.17, 15) is 4.39 Å². The standard InChI is InChI=1S/C10H12BrFN2O/c11-9-4-13-14-5-10(9)15-6-7-1-2-8(12)3-7/h4-5,7-8H,1-3,6H2. The zero-order valence-corrected chi connectivity index (χ0v) is 9.78. The van der Waals surface area contributed by atoms with E-state index in [1.807, 2.05) is 0 Å². The van der Waals surface area contributed by atoms with Crippen molar-refractivity contribution in [2.45, 2.75) is 25.4 Å². The Bertz CT molecular complexity index is 337. The lowest BCUT2D eigenvalue weighted by molar-refractivity contribution is 0.237. The monoisotopic (exact) mass is 274 g/mol. The van der Waals surface area contributed by atoms with Crippen molar-refractivity contribution in [2.24, 2.45) is 5.92 Å². The highest BCUT2D eigenvalue weighted by atomic mass is 79.9. The van der Waals surface area contributed by atoms with Gasteiger partial charge in [-0.05, 0) is 41.1 Å². The van der Waals surface area contributed by atoms with Crippen molar-refractivity contribution in [3.8, 4) is 5.75 Å². The van der Waals surface area contributed by atoms with Crippen LogP contribution >= 0.6 is 15.9 Å². The molecule has 0 bridgehead atoms. The Hall–Kier alpha value is -0.710. The van der Waals surface area contributed by atoms with Gasteiger partial charge in [0.2, 0.25) is 0 Å². The molecule has 0 amide bonds. The third-order valence-electron chi connectivity index (χ3n) is 2.60. The molecule has 1 saturated carbocycles. The van der Waals surface area contributed by atoms with Crippen LogP contribution in [-0.2, 0) is 0 Å². The fourth-order valence-electron chi connectivity index (χ4n) is 1.77. The molecule has 2 atom stereocenters. The Labute approximate surface area is 96.2 Å². The number of hydrogen-bond donors (Lipinski definition) is 0. The lowest BCUT2D eigenvalue weighted by Gasteiger charge is -2.11. The summed E-state index contributed by atoms with van der Waals surface area (Å²) in [6.45, 7) is 0.560. The predicted octanol–water partition coefficient (Wildman–Crippen LogP) is 2.76. The SMILES string of the molecule is FC1CCC(COc2cnncc2Br)C1. The molecule has 0 spiro atoms. The van der Waals surface area contributed by atoms with E-state index in [1.54, 1.807) is 12.4 Å². The van der Waals surface area contributed by atoms with Crippen LogP contribution in [0, 0.1) is 5.92 Å². The molecule has 0 saturated heterocycles. The largest absolute Gasteiger partial charge is 0.490 e. The zero-order chi connectivity index (χ0) is 10.7. The van der Waals surface area contributed by atoms with Crippen LogP contribution in [0.1, 0.15) is 19.3 Å². The maximum absolute atomic E-state index is 12.9. The van der Waals surface area contributed by atoms with Gasteiger partial charge in [-0.25, -0.2) is 4.39 Å². The summed E-state index contributed by atoms with van der Waals surface area (Å²) in [6, 6.07) is 0. The van der Waals surface area contributed by atoms with Crippen molar-refractivity contribution in [3.05, 3.63) is 16.9 Å². The summed E-state index contributed by atoms with van der Waals surface area (Å²) in [7, 11) is 0. The Balaban J connectivity index is 1.86. The lowest BCUT2D eigenvalue weighted by Crippen LogP contribution is -2.09. The minimum Gasteiger partial charge on any atom is -0.490 e. The van der Waals surface area contributed by atoms with Gasteiger partial charge in [-0.15, -0.1) is 0 Å². The van der Waals surface area contributed by atoms with E-state index in [1.165, 1.54) is 0 Å². The van der Waals surface area contributed by atoms with Crippen LogP contribution < -0.4 is 4.74 Å². The van der Waals surface area contributed by atoms with Crippen molar-refractivity contribution < 1.29 is 9.13 Å². The summed E-state index contributed by atoms with van der Waals surface area (Å²) >= 11 is 3.32. The molecule has 0 aliphatic heterocycles. The number of rotatable bonds is 3. The maximum Gasteiger partial charge on any atom is 0.155 e. The van der Waals surface area contributed by atoms with Crippen LogP contribution in [0.3, 0.4) is 0 Å². The summed E-state index contributed by atoms with van der Waals surface area (Å²) in [5, 5.41) is 7.43. The van der Waals surface area contributed by atoms with E-state index in [4.69, 9.17) is 4.74 Å². The second kappa shape index (κ2) is 4.88. The topological polar surface area (TPSA) is 35.0 Å². The van der Waals surface area contributed by atoms with Crippen LogP contribution in [0.5, 0.6) is 5.75 Å². The molecule has 0 N–H and O–H groups in total. The number of aromatic nitrogens is 2. The van der Waals surface area contributed by atoms with E-state index >= 15 is 0 Å². The van der Waals surface area contributed by atoms with Crippen LogP contribution in [0.25, 0.3) is 0 Å². The predicted molar refractivity (Wildman–Crippen MR) is 57.5 cm³/mol. The molecule has 1 aliphatic rings. The zero-order valence-electron chi connectivity index (χ0n) is 8.20. The molecular weight excluding hydrogens is 263 g/mol. The highest BCUT2D eigenvalue weighted by Crippen LogP contribution is 2.29. The van der Waals surface area contributed by atoms with Crippen LogP contribution in [0.15, 0.2) is 16.9 Å². The smallest absolute Gasteiger partial charge is 0.155 e. The number of alkyl halides is 1. The van der Waals surface area contributed by atoms with Crippen molar-refractivity contribution in [3.63, 3.8) is 0 Å². The molecule has 3 nitrogen and oxygen atoms in total. The van der Waals surface area contributed by atoms with Crippen LogP contribution in [0.4, 0.5) is 4.39 Å². The highest BCUT2D eigenvalue weighted by molar-refractivity contribution is 9.10. The van der Waals surface area contributed by atoms with Crippen molar-refractivity contribution in [1.82, 2.24) is 10.2 Å². The molecule has 5 heteroatoms. The molecule has 0 radical (unpaired) electrons. The summed E-state index contributed by atoms with van der Waals surface area (Å²) in [5.41, 5.74) is 0. The summed E-state index contributed by atoms with van der Waals surface area (Å²) in [5.74, 6) is 1.01. The summed E-state index contributed by atoms with van der Waals surface area (Å²) in [6.07, 6.45) is 4.71. The second-order valence-corrected chi connectivity index (χ2v) is 4.64. The van der Waals surface area contributed by atoms with E-state index < -0.39 is 6.17 Å². The Morgan fingerprint density at radius 3 is 2.87 bits per heavy atom. The van der Waals surface area contributed by atoms with Crippen molar-refractivity contribution in [1.29, 1.82) is 0 Å². The third kappa shape index (κ3) is 2.87. The molecule has 1 fully saturated rings. The molecule has 1 aromatic heterocycles. The first kappa shape index (κ1) is 10.8. The number of hydrogen-bond acceptors (Lipinski definition) is 3. The normalized spacial score (nSPS) is 25.5. The van der Waals surface area contributed by atoms with Gasteiger partial charge in [-0.1, -0.05) is 0 Å². The van der Waals surface area contributed by atoms with Crippen molar-refractivity contribution >= 4 is 15.9 Å². The van der Waals surface area contributed by atoms with Gasteiger partial charge in [0, 0.05) is 0 Å². The summed E-state index contributed by atoms with van der Waals surface area (Å²) in [4.78, 5) is 0. The van der Waals surface area contributed by atoms with Gasteiger partial charge in [0.15, 0.2) is 5.75 Å². The van der Waals surface area contributed by atoms with Gasteiger partial charge in [0.25, 0.3) is 0 Å². The maximum atomic E-state index is 12.9. The van der Waals surface area contributed by atoms with Gasteiger partial charge >= 0.3 is 0 Å². The van der Waals surface area contributed by atoms with E-state index in [-0.39, 0.29) is 0 Å². The fraction of sp³-hybridized carbons (Fsp3) is 0.600. The van der Waals surface area contributed by atoms with Gasteiger partial charge in [-0.3, -0.25) is 0 Å². The Morgan fingerprint density at radius 1 is 1.40 bits per heavy atom. The first-order chi connectivity index (χ1) is 7.25. The molecule has 0 aromatic carbocycles. The van der Waals surface area contributed by atoms with E-state index in [2.05, 4.69) is 26.1 Å². The summed E-state index contributed by atoms with van der Waals surface area (Å²) < 4.78 is 19.2. The fourth-order valence-corrected chi connectivity index (χ4v) is 2.08. The average molecular weight is 275 g/mol. The highest BCUT2D eigenvalue weighted by Gasteiger charge is 2.24. The third-order valence-corrected chi connectivity index (χ3v) is 3.20. The quantitative estimate of drug-likeness (QED) is 0.850. The minimum atomic E-state index is -0.641. The second-order valence-electron chi connectivity index (χ2n) is 3.79. The van der Waals surface area contributed by atoms with Gasteiger partial charge < -0.3 is 4.74 Å². The number of nitrogens with zero attached hydrogens (tertiary/aromatic N) is 2. The van der Waals surface area contributed by atoms with Gasteiger partial charge in [-0.2, -0.15) is 10.2 Å². The molecule has 2 unspecified atom stereocenters. The van der Waals surface area contributed by atoms with Crippen LogP contribution in [-0.4, -0.2) is 23.0 Å². The average Bonchev–Trinajstić information content (AvgIpc) is 2.63. The van der Waals surface area contributed by atoms with E-state index in [0.717, 1.165) is 10.9 Å². The number of halogens is 2. The Morgan fingerprint density at radius 2 is 2.20 bits per heavy atom. The molecule has 15 heavy (non-hydrogen) atoms. The first-order valence-electron chi connectivity index (χ1n) is 4.98. The number of ether oxygens (including phenoxy) is 1. The lowest BCUT2D eigenvalue weighted by atomic mass is 10.1. The Kier molecular flexibility index (Phi) is 3.51. The van der Waals surface area contributed by atoms with E-state index in [0.29, 0.717) is 31.1 Å². The minimum absolute atomic E-state index is 0.333. The molecule has 82 valence electrons. The van der Waals surface area contributed by atoms with Gasteiger partial charge in [0.1, 0.15) is 6.17 Å². The van der Waals surface area contributed by atoms with Gasteiger partial charge in [0.05, 0.1) is 23.5 Å². The molecular formula is C10H12BrFN2O. The molecule has 1 aromatic rings. The first-order valence-corrected chi connectivity index (χ1v) is 5.78.